The molecule has 4 aromatic rings. The highest BCUT2D eigenvalue weighted by Crippen LogP contribution is 2.27. The van der Waals surface area contributed by atoms with Gasteiger partial charge in [0.25, 0.3) is 0 Å². The molecule has 1 saturated heterocycles. The van der Waals surface area contributed by atoms with Crippen LogP contribution in [0.5, 0.6) is 5.75 Å². The molecule has 0 aliphatic carbocycles. The maximum absolute atomic E-state index is 6.26. The zero-order valence-electron chi connectivity index (χ0n) is 17.5. The second-order valence-electron chi connectivity index (χ2n) is 7.76. The van der Waals surface area contributed by atoms with Crippen LogP contribution in [-0.4, -0.2) is 46.2 Å². The molecule has 5 rings (SSSR count). The molecule has 0 bridgehead atoms. The smallest absolute Gasteiger partial charge is 0.182 e. The summed E-state index contributed by atoms with van der Waals surface area (Å²) in [5.74, 6) is 1.83. The summed E-state index contributed by atoms with van der Waals surface area (Å²) in [7, 11) is 1.71. The molecule has 1 aliphatic heterocycles. The summed E-state index contributed by atoms with van der Waals surface area (Å²) in [5, 5.41) is 0. The lowest BCUT2D eigenvalue weighted by Crippen LogP contribution is -2.38. The van der Waals surface area contributed by atoms with E-state index in [1.807, 2.05) is 0 Å². The fourth-order valence-corrected chi connectivity index (χ4v) is 4.06. The number of aromatic nitrogens is 4. The normalized spacial score (nSPS) is 14.8. The SMILES string of the molecule is COCc1ccc(-c2ccc(OC3CCN(c4ncnc5nc[nH]c45)CC3)cc2)cc1. The van der Waals surface area contributed by atoms with E-state index in [4.69, 9.17) is 9.47 Å². The molecule has 0 atom stereocenters. The molecule has 0 radical (unpaired) electrons. The van der Waals surface area contributed by atoms with Crippen molar-refractivity contribution in [3.8, 4) is 16.9 Å². The van der Waals surface area contributed by atoms with Gasteiger partial charge >= 0.3 is 0 Å². The maximum Gasteiger partial charge on any atom is 0.182 e. The summed E-state index contributed by atoms with van der Waals surface area (Å²) < 4.78 is 11.4. The molecule has 3 heterocycles. The Morgan fingerprint density at radius 1 is 0.935 bits per heavy atom. The average molecular weight is 415 g/mol. The number of nitrogens with one attached hydrogen (secondary N) is 1. The highest BCUT2D eigenvalue weighted by molar-refractivity contribution is 5.82. The van der Waals surface area contributed by atoms with Crippen LogP contribution in [0.2, 0.25) is 0 Å². The van der Waals surface area contributed by atoms with Gasteiger partial charge in [-0.05, 0) is 28.8 Å². The molecular weight excluding hydrogens is 390 g/mol. The molecule has 2 aromatic carbocycles. The average Bonchev–Trinajstić information content (AvgIpc) is 3.30. The van der Waals surface area contributed by atoms with Crippen LogP contribution in [0, 0.1) is 0 Å². The fraction of sp³-hybridized carbons (Fsp3) is 0.292. The zero-order chi connectivity index (χ0) is 21.0. The van der Waals surface area contributed by atoms with E-state index in [1.165, 1.54) is 16.7 Å². The monoisotopic (exact) mass is 415 g/mol. The van der Waals surface area contributed by atoms with Gasteiger partial charge in [0.05, 0.1) is 12.9 Å². The Hall–Kier alpha value is -3.45. The van der Waals surface area contributed by atoms with Gasteiger partial charge in [0.15, 0.2) is 11.5 Å². The van der Waals surface area contributed by atoms with Crippen LogP contribution >= 0.6 is 0 Å². The molecule has 0 unspecified atom stereocenters. The fourth-order valence-electron chi connectivity index (χ4n) is 4.06. The zero-order valence-corrected chi connectivity index (χ0v) is 17.5. The number of imidazole rings is 1. The topological polar surface area (TPSA) is 76.2 Å². The minimum absolute atomic E-state index is 0.203. The quantitative estimate of drug-likeness (QED) is 0.508. The second-order valence-corrected chi connectivity index (χ2v) is 7.76. The number of aromatic amines is 1. The van der Waals surface area contributed by atoms with E-state index in [2.05, 4.69) is 73.4 Å². The van der Waals surface area contributed by atoms with Crippen molar-refractivity contribution in [3.05, 3.63) is 66.7 Å². The first kappa shape index (κ1) is 19.5. The number of fused-ring (bicyclic) bond motifs is 1. The first-order valence-electron chi connectivity index (χ1n) is 10.5. The van der Waals surface area contributed by atoms with Crippen molar-refractivity contribution in [1.82, 2.24) is 19.9 Å². The first-order chi connectivity index (χ1) is 15.3. The molecule has 158 valence electrons. The standard InChI is InChI=1S/C24H25N5O2/c1-30-14-17-2-4-18(5-3-17)19-6-8-20(9-7-19)31-21-10-12-29(13-11-21)24-22-23(26-15-25-22)27-16-28-24/h2-9,15-16,21H,10-14H2,1H3,(H,25,26,27,28). The number of piperidine rings is 1. The van der Waals surface area contributed by atoms with E-state index >= 15 is 0 Å². The van der Waals surface area contributed by atoms with Gasteiger partial charge in [0.1, 0.15) is 23.7 Å². The molecule has 1 fully saturated rings. The Kier molecular flexibility index (Phi) is 5.50. The summed E-state index contributed by atoms with van der Waals surface area (Å²) in [6.45, 7) is 2.42. The number of methoxy groups -OCH3 is 1. The van der Waals surface area contributed by atoms with Gasteiger partial charge in [-0.15, -0.1) is 0 Å². The van der Waals surface area contributed by atoms with Crippen molar-refractivity contribution in [2.45, 2.75) is 25.6 Å². The highest BCUT2D eigenvalue weighted by atomic mass is 16.5. The Bertz CT molecular complexity index is 1130. The van der Waals surface area contributed by atoms with Gasteiger partial charge in [0.2, 0.25) is 0 Å². The number of H-pyrrole nitrogens is 1. The number of rotatable bonds is 6. The van der Waals surface area contributed by atoms with Gasteiger partial charge in [-0.1, -0.05) is 36.4 Å². The van der Waals surface area contributed by atoms with E-state index in [9.17, 15) is 0 Å². The molecule has 7 heteroatoms. The van der Waals surface area contributed by atoms with Crippen molar-refractivity contribution >= 4 is 17.0 Å². The molecule has 7 nitrogen and oxygen atoms in total. The van der Waals surface area contributed by atoms with E-state index < -0.39 is 0 Å². The Labute approximate surface area is 181 Å². The van der Waals surface area contributed by atoms with Crippen LogP contribution in [0.3, 0.4) is 0 Å². The van der Waals surface area contributed by atoms with Crippen molar-refractivity contribution < 1.29 is 9.47 Å². The summed E-state index contributed by atoms with van der Waals surface area (Å²) in [5.41, 5.74) is 5.14. The molecule has 1 N–H and O–H groups in total. The number of anilines is 1. The number of benzene rings is 2. The Morgan fingerprint density at radius 3 is 2.35 bits per heavy atom. The third-order valence-corrected chi connectivity index (χ3v) is 5.70. The summed E-state index contributed by atoms with van der Waals surface area (Å²) >= 11 is 0. The predicted octanol–water partition coefficient (Wildman–Crippen LogP) is 4.21. The van der Waals surface area contributed by atoms with Crippen LogP contribution < -0.4 is 9.64 Å². The predicted molar refractivity (Wildman–Crippen MR) is 120 cm³/mol. The first-order valence-corrected chi connectivity index (χ1v) is 10.5. The highest BCUT2D eigenvalue weighted by Gasteiger charge is 2.23. The van der Waals surface area contributed by atoms with Gasteiger partial charge in [-0.3, -0.25) is 0 Å². The Morgan fingerprint density at radius 2 is 1.65 bits per heavy atom. The summed E-state index contributed by atoms with van der Waals surface area (Å²) in [6, 6.07) is 16.8. The number of ether oxygens (including phenoxy) is 2. The second kappa shape index (κ2) is 8.73. The van der Waals surface area contributed by atoms with Crippen LogP contribution in [0.25, 0.3) is 22.3 Å². The minimum atomic E-state index is 0.203. The minimum Gasteiger partial charge on any atom is -0.490 e. The van der Waals surface area contributed by atoms with E-state index in [-0.39, 0.29) is 6.10 Å². The van der Waals surface area contributed by atoms with Gasteiger partial charge in [0, 0.05) is 33.0 Å². The van der Waals surface area contributed by atoms with E-state index in [0.29, 0.717) is 12.3 Å². The number of nitrogens with zero attached hydrogens (tertiary/aromatic N) is 4. The van der Waals surface area contributed by atoms with Crippen molar-refractivity contribution in [2.24, 2.45) is 0 Å². The number of hydrogen-bond acceptors (Lipinski definition) is 6. The van der Waals surface area contributed by atoms with Crippen LogP contribution in [0.15, 0.2) is 61.2 Å². The van der Waals surface area contributed by atoms with Crippen LogP contribution in [0.4, 0.5) is 5.82 Å². The summed E-state index contributed by atoms with van der Waals surface area (Å²) in [6.07, 6.45) is 5.34. The maximum atomic E-state index is 6.26. The van der Waals surface area contributed by atoms with Gasteiger partial charge < -0.3 is 19.4 Å². The molecule has 0 spiro atoms. The number of hydrogen-bond donors (Lipinski definition) is 1. The lowest BCUT2D eigenvalue weighted by molar-refractivity contribution is 0.171. The molecule has 0 saturated carbocycles. The van der Waals surface area contributed by atoms with E-state index in [1.54, 1.807) is 19.8 Å². The van der Waals surface area contributed by atoms with Crippen LogP contribution in [0.1, 0.15) is 18.4 Å². The molecular formula is C24H25N5O2. The molecule has 2 aromatic heterocycles. The third-order valence-electron chi connectivity index (χ3n) is 5.70. The van der Waals surface area contributed by atoms with Gasteiger partial charge in [-0.25, -0.2) is 15.0 Å². The third kappa shape index (κ3) is 4.22. The van der Waals surface area contributed by atoms with Crippen LogP contribution in [-0.2, 0) is 11.3 Å². The van der Waals surface area contributed by atoms with Gasteiger partial charge in [-0.2, -0.15) is 0 Å². The molecule has 31 heavy (non-hydrogen) atoms. The van der Waals surface area contributed by atoms with Crippen molar-refractivity contribution in [1.29, 1.82) is 0 Å². The lowest BCUT2D eigenvalue weighted by atomic mass is 10.0. The largest absolute Gasteiger partial charge is 0.490 e. The molecule has 0 amide bonds. The Balaban J connectivity index is 1.19. The summed E-state index contributed by atoms with van der Waals surface area (Å²) in [4.78, 5) is 18.3. The van der Waals surface area contributed by atoms with Crippen molar-refractivity contribution in [2.75, 3.05) is 25.1 Å². The lowest BCUT2D eigenvalue weighted by Gasteiger charge is -2.33. The van der Waals surface area contributed by atoms with Crippen molar-refractivity contribution in [3.63, 3.8) is 0 Å². The van der Waals surface area contributed by atoms with E-state index in [0.717, 1.165) is 43.0 Å². The molecule has 1 aliphatic rings.